The van der Waals surface area contributed by atoms with Crippen molar-refractivity contribution < 1.29 is 95.2 Å². The Morgan fingerprint density at radius 2 is 1.04 bits per heavy atom. The number of hydrogen-bond acceptors (Lipinski definition) is 20. The highest BCUT2D eigenvalue weighted by Gasteiger charge is 2.31. The molecule has 6 N–H and O–H groups in total. The number of imide groups is 1. The lowest BCUT2D eigenvalue weighted by Gasteiger charge is -2.27. The maximum absolute atomic E-state index is 13.7. The van der Waals surface area contributed by atoms with Crippen LogP contribution in [0.25, 0.3) is 0 Å². The van der Waals surface area contributed by atoms with Crippen molar-refractivity contribution in [3.05, 3.63) is 42.0 Å². The van der Waals surface area contributed by atoms with Crippen LogP contribution in [0.2, 0.25) is 0 Å². The molecule has 1 heterocycles. The van der Waals surface area contributed by atoms with E-state index in [-0.39, 0.29) is 65.3 Å². The smallest absolute Gasteiger partial charge is 0.312 e. The second kappa shape index (κ2) is 45.1. The molecule has 0 saturated carbocycles. The molecular weight excluding hydrogens is 1040 g/mol. The molecule has 27 heteroatoms. The number of benzene rings is 1. The summed E-state index contributed by atoms with van der Waals surface area (Å²) in [7, 11) is 1.63. The molecule has 448 valence electrons. The van der Waals surface area contributed by atoms with Gasteiger partial charge in [-0.25, -0.2) is 4.79 Å². The topological polar surface area (TPSA) is 328 Å². The van der Waals surface area contributed by atoms with E-state index in [0.29, 0.717) is 130 Å². The molecule has 1 aliphatic heterocycles. The number of urea groups is 1. The summed E-state index contributed by atoms with van der Waals surface area (Å²) in [6, 6.07) is 3.58. The number of primary amides is 1. The van der Waals surface area contributed by atoms with Gasteiger partial charge in [0.05, 0.1) is 139 Å². The third-order valence-electron chi connectivity index (χ3n) is 11.0. The number of nitrogens with one attached hydrogen (secondary N) is 4. The van der Waals surface area contributed by atoms with E-state index in [1.165, 1.54) is 11.8 Å². The maximum Gasteiger partial charge on any atom is 0.312 e. The van der Waals surface area contributed by atoms with Gasteiger partial charge in [0.2, 0.25) is 23.6 Å². The molecule has 79 heavy (non-hydrogen) atoms. The predicted molar refractivity (Wildman–Crippen MR) is 283 cm³/mol. The van der Waals surface area contributed by atoms with Crippen molar-refractivity contribution in [1.82, 2.24) is 25.8 Å². The Hall–Kier alpha value is -5.72. The standard InChI is InChI=1S/C52H85N7O20/c1-40(2)49(51(66)56-44(6-5-14-54-52(53)67)50(65)55-43-9-7-42(8-10-43)39-79-41(3)60)57-45(61)13-15-58(48(64)38-59-46(62)11-12-47(59)63)16-17-69-20-21-71-24-25-73-28-29-75-32-33-77-36-37-78-35-34-76-31-30-74-27-26-72-23-22-70-19-18-68-4/h7-12,40,44,49H,5-6,13-39H2,1-4H3,(H,55,65)(H,56,66)(H,57,61)(H3,53,54,67)/t44-,49-/m0/s1. The zero-order chi connectivity index (χ0) is 57.7. The van der Waals surface area contributed by atoms with E-state index in [0.717, 1.165) is 17.1 Å². The second-order valence-electron chi connectivity index (χ2n) is 17.6. The summed E-state index contributed by atoms with van der Waals surface area (Å²) in [6.07, 6.45) is 2.21. The van der Waals surface area contributed by atoms with Crippen molar-refractivity contribution in [1.29, 1.82) is 0 Å². The largest absolute Gasteiger partial charge is 0.461 e. The summed E-state index contributed by atoms with van der Waals surface area (Å²) in [6.45, 7) is 12.6. The van der Waals surface area contributed by atoms with E-state index in [1.54, 1.807) is 45.2 Å². The summed E-state index contributed by atoms with van der Waals surface area (Å²) in [4.78, 5) is 103. The highest BCUT2D eigenvalue weighted by molar-refractivity contribution is 6.14. The van der Waals surface area contributed by atoms with Crippen molar-refractivity contribution >= 4 is 53.1 Å². The average molecular weight is 1130 g/mol. The van der Waals surface area contributed by atoms with Gasteiger partial charge in [0, 0.05) is 57.9 Å². The minimum Gasteiger partial charge on any atom is -0.461 e. The molecular formula is C52H85N7O20. The van der Waals surface area contributed by atoms with E-state index in [9.17, 15) is 38.4 Å². The van der Waals surface area contributed by atoms with Crippen LogP contribution in [0.15, 0.2) is 36.4 Å². The van der Waals surface area contributed by atoms with Crippen LogP contribution in [-0.2, 0) is 97.0 Å². The summed E-state index contributed by atoms with van der Waals surface area (Å²) in [5.74, 6) is -4.62. The molecule has 1 aromatic carbocycles. The van der Waals surface area contributed by atoms with E-state index in [2.05, 4.69) is 21.3 Å². The molecule has 2 atom stereocenters. The molecule has 0 fully saturated rings. The molecule has 2 rings (SSSR count). The van der Waals surface area contributed by atoms with Crippen LogP contribution >= 0.6 is 0 Å². The minimum absolute atomic E-state index is 0.000738. The number of hydrogen-bond donors (Lipinski definition) is 5. The lowest BCUT2D eigenvalue weighted by atomic mass is 10.0. The molecule has 1 aliphatic rings. The van der Waals surface area contributed by atoms with Gasteiger partial charge in [0.15, 0.2) is 0 Å². The molecule has 1 aromatic rings. The lowest BCUT2D eigenvalue weighted by molar-refractivity contribution is -0.145. The van der Waals surface area contributed by atoms with Gasteiger partial charge in [-0.15, -0.1) is 0 Å². The SMILES string of the molecule is COCCOCCOCCOCCOCCOCCOCCOCCOCCOCCOCCN(CCC(=O)N[C@H](C(=O)N[C@@H](CCCNC(N)=O)C(=O)Nc1ccc(COC(C)=O)cc1)C(C)C)C(=O)CN1C(=O)C=CC1=O. The first-order chi connectivity index (χ1) is 38.2. The fourth-order valence-electron chi connectivity index (χ4n) is 6.75. The highest BCUT2D eigenvalue weighted by Crippen LogP contribution is 2.13. The fraction of sp³-hybridized carbons (Fsp3) is 0.692. The van der Waals surface area contributed by atoms with Gasteiger partial charge in [-0.3, -0.25) is 38.5 Å². The molecule has 0 saturated heterocycles. The van der Waals surface area contributed by atoms with Crippen LogP contribution in [0.5, 0.6) is 0 Å². The summed E-state index contributed by atoms with van der Waals surface area (Å²) < 4.78 is 64.8. The Kier molecular flexibility index (Phi) is 39.6. The summed E-state index contributed by atoms with van der Waals surface area (Å²) >= 11 is 0. The quantitative estimate of drug-likeness (QED) is 0.0318. The van der Waals surface area contributed by atoms with Gasteiger partial charge >= 0.3 is 12.0 Å². The fourth-order valence-corrected chi connectivity index (χ4v) is 6.75. The Balaban J connectivity index is 1.66. The number of methoxy groups -OCH3 is 1. The van der Waals surface area contributed by atoms with Gasteiger partial charge in [-0.05, 0) is 36.5 Å². The number of esters is 1. The van der Waals surface area contributed by atoms with Gasteiger partial charge < -0.3 is 88.7 Å². The number of carbonyl (C=O) groups is 8. The molecule has 27 nitrogen and oxygen atoms in total. The number of ether oxygens (including phenoxy) is 12. The first-order valence-electron chi connectivity index (χ1n) is 26.5. The van der Waals surface area contributed by atoms with Crippen molar-refractivity contribution in [2.45, 2.75) is 58.7 Å². The van der Waals surface area contributed by atoms with Crippen molar-refractivity contribution in [3.8, 4) is 0 Å². The van der Waals surface area contributed by atoms with Crippen LogP contribution < -0.4 is 27.0 Å². The predicted octanol–water partition coefficient (Wildman–Crippen LogP) is -0.282. The zero-order valence-corrected chi connectivity index (χ0v) is 46.3. The number of nitrogens with zero attached hydrogens (tertiary/aromatic N) is 2. The number of rotatable bonds is 50. The van der Waals surface area contributed by atoms with E-state index < -0.39 is 72.0 Å². The number of amides is 8. The molecule has 8 amide bonds. The second-order valence-corrected chi connectivity index (χ2v) is 17.6. The number of nitrogens with two attached hydrogens (primary N) is 1. The Bertz CT molecular complexity index is 1910. The summed E-state index contributed by atoms with van der Waals surface area (Å²) in [5, 5.41) is 10.6. The molecule has 0 unspecified atom stereocenters. The van der Waals surface area contributed by atoms with Crippen LogP contribution in [0, 0.1) is 5.92 Å². The third-order valence-corrected chi connectivity index (χ3v) is 11.0. The van der Waals surface area contributed by atoms with E-state index >= 15 is 0 Å². The van der Waals surface area contributed by atoms with Crippen LogP contribution in [-0.4, -0.2) is 241 Å². The molecule has 0 radical (unpaired) electrons. The van der Waals surface area contributed by atoms with Gasteiger partial charge in [-0.2, -0.15) is 0 Å². The van der Waals surface area contributed by atoms with Gasteiger partial charge in [-0.1, -0.05) is 26.0 Å². The molecule has 0 spiro atoms. The monoisotopic (exact) mass is 1130 g/mol. The maximum atomic E-state index is 13.7. The Morgan fingerprint density at radius 3 is 1.46 bits per heavy atom. The third kappa shape index (κ3) is 35.5. The number of anilines is 1. The Labute approximate surface area is 462 Å². The van der Waals surface area contributed by atoms with Crippen LogP contribution in [0.4, 0.5) is 10.5 Å². The normalized spacial score (nSPS) is 12.9. The molecule has 0 bridgehead atoms. The van der Waals surface area contributed by atoms with Crippen LogP contribution in [0.1, 0.15) is 45.6 Å². The lowest BCUT2D eigenvalue weighted by Crippen LogP contribution is -2.55. The van der Waals surface area contributed by atoms with Crippen molar-refractivity contribution in [2.24, 2.45) is 11.7 Å². The molecule has 0 aromatic heterocycles. The van der Waals surface area contributed by atoms with Gasteiger partial charge in [0.25, 0.3) is 11.8 Å². The van der Waals surface area contributed by atoms with Crippen molar-refractivity contribution in [3.63, 3.8) is 0 Å². The first-order valence-corrected chi connectivity index (χ1v) is 26.5. The van der Waals surface area contributed by atoms with E-state index in [1.807, 2.05) is 0 Å². The Morgan fingerprint density at radius 1 is 0.595 bits per heavy atom. The zero-order valence-electron chi connectivity index (χ0n) is 46.3. The minimum atomic E-state index is -1.11. The number of carbonyl (C=O) groups excluding carboxylic acids is 8. The van der Waals surface area contributed by atoms with Gasteiger partial charge in [0.1, 0.15) is 25.2 Å². The first kappa shape index (κ1) is 69.4. The summed E-state index contributed by atoms with van der Waals surface area (Å²) in [5.41, 5.74) is 6.27. The van der Waals surface area contributed by atoms with E-state index in [4.69, 9.17) is 62.6 Å². The average Bonchev–Trinajstić information content (AvgIpc) is 3.74. The van der Waals surface area contributed by atoms with Crippen molar-refractivity contribution in [2.75, 3.05) is 177 Å². The van der Waals surface area contributed by atoms with Crippen LogP contribution in [0.3, 0.4) is 0 Å². The highest BCUT2D eigenvalue weighted by atomic mass is 16.6. The molecule has 0 aliphatic carbocycles.